The lowest BCUT2D eigenvalue weighted by Gasteiger charge is -2.38. The number of aliphatic imine (C=N–C) groups is 1. The Labute approximate surface area is 192 Å². The summed E-state index contributed by atoms with van der Waals surface area (Å²) in [6.45, 7) is 14.2. The highest BCUT2D eigenvalue weighted by molar-refractivity contribution is 5.80. The first-order valence-corrected chi connectivity index (χ1v) is 11.9. The second kappa shape index (κ2) is 10.4. The summed E-state index contributed by atoms with van der Waals surface area (Å²) in [6, 6.07) is 8.80. The van der Waals surface area contributed by atoms with Crippen LogP contribution in [0.1, 0.15) is 35.7 Å². The van der Waals surface area contributed by atoms with E-state index in [1.54, 1.807) is 0 Å². The lowest BCUT2D eigenvalue weighted by Crippen LogP contribution is -2.53. The Hall–Kier alpha value is -2.54. The van der Waals surface area contributed by atoms with Gasteiger partial charge in [0.1, 0.15) is 5.76 Å². The van der Waals surface area contributed by atoms with E-state index in [0.29, 0.717) is 5.92 Å². The molecule has 32 heavy (non-hydrogen) atoms. The largest absolute Gasteiger partial charge is 0.444 e. The number of likely N-dealkylation sites (tertiary alicyclic amines) is 1. The van der Waals surface area contributed by atoms with Gasteiger partial charge in [0, 0.05) is 45.5 Å². The normalized spacial score (nSPS) is 18.9. The second-order valence-electron chi connectivity index (χ2n) is 9.21. The fourth-order valence-corrected chi connectivity index (χ4v) is 4.72. The highest BCUT2D eigenvalue weighted by Gasteiger charge is 2.23. The van der Waals surface area contributed by atoms with Crippen molar-refractivity contribution in [1.29, 1.82) is 0 Å². The third-order valence-electron chi connectivity index (χ3n) is 6.85. The molecule has 0 atom stereocenters. The summed E-state index contributed by atoms with van der Waals surface area (Å²) in [5.74, 6) is 3.51. The molecule has 0 bridgehead atoms. The van der Waals surface area contributed by atoms with E-state index in [9.17, 15) is 0 Å². The Morgan fingerprint density at radius 3 is 2.47 bits per heavy atom. The van der Waals surface area contributed by atoms with Gasteiger partial charge in [-0.3, -0.25) is 9.89 Å². The maximum absolute atomic E-state index is 5.76. The third kappa shape index (κ3) is 5.63. The van der Waals surface area contributed by atoms with E-state index < -0.39 is 0 Å². The van der Waals surface area contributed by atoms with Crippen LogP contribution in [0, 0.1) is 26.7 Å². The number of oxazole rings is 1. The summed E-state index contributed by atoms with van der Waals surface area (Å²) in [5, 5.41) is 3.66. The number of benzene rings is 1. The third-order valence-corrected chi connectivity index (χ3v) is 6.85. The molecule has 1 N–H and O–H groups in total. The van der Waals surface area contributed by atoms with Gasteiger partial charge in [-0.05, 0) is 70.3 Å². The van der Waals surface area contributed by atoms with Gasteiger partial charge in [0.15, 0.2) is 5.96 Å². The molecule has 0 spiro atoms. The van der Waals surface area contributed by atoms with Crippen molar-refractivity contribution in [2.75, 3.05) is 57.8 Å². The lowest BCUT2D eigenvalue weighted by atomic mass is 9.97. The lowest BCUT2D eigenvalue weighted by molar-refractivity contribution is 0.163. The van der Waals surface area contributed by atoms with Crippen LogP contribution >= 0.6 is 0 Å². The van der Waals surface area contributed by atoms with Gasteiger partial charge < -0.3 is 19.5 Å². The van der Waals surface area contributed by atoms with Gasteiger partial charge in [0.25, 0.3) is 0 Å². The maximum atomic E-state index is 5.76. The first-order valence-electron chi connectivity index (χ1n) is 11.9. The number of guanidine groups is 1. The number of piperidine rings is 1. The molecular weight excluding hydrogens is 400 g/mol. The van der Waals surface area contributed by atoms with Crippen LogP contribution in [-0.4, -0.2) is 73.6 Å². The number of nitrogens with one attached hydrogen (secondary N) is 1. The van der Waals surface area contributed by atoms with Gasteiger partial charge in [0.2, 0.25) is 5.89 Å². The summed E-state index contributed by atoms with van der Waals surface area (Å²) < 4.78 is 5.76. The van der Waals surface area contributed by atoms with Crippen molar-refractivity contribution in [3.8, 4) is 0 Å². The number of anilines is 1. The summed E-state index contributed by atoms with van der Waals surface area (Å²) >= 11 is 0. The molecule has 7 nitrogen and oxygen atoms in total. The van der Waals surface area contributed by atoms with Gasteiger partial charge in [-0.25, -0.2) is 4.98 Å². The predicted molar refractivity (Wildman–Crippen MR) is 130 cm³/mol. The van der Waals surface area contributed by atoms with Gasteiger partial charge >= 0.3 is 0 Å². The molecule has 2 saturated heterocycles. The zero-order valence-corrected chi connectivity index (χ0v) is 20.1. The minimum atomic E-state index is 0.685. The summed E-state index contributed by atoms with van der Waals surface area (Å²) in [5.41, 5.74) is 3.65. The highest BCUT2D eigenvalue weighted by atomic mass is 16.4. The smallest absolute Gasteiger partial charge is 0.208 e. The van der Waals surface area contributed by atoms with Gasteiger partial charge in [-0.15, -0.1) is 0 Å². The number of aromatic nitrogens is 1. The zero-order valence-electron chi connectivity index (χ0n) is 20.1. The quantitative estimate of drug-likeness (QED) is 0.571. The topological polar surface area (TPSA) is 60.1 Å². The summed E-state index contributed by atoms with van der Waals surface area (Å²) in [4.78, 5) is 16.4. The Morgan fingerprint density at radius 1 is 1.09 bits per heavy atom. The fraction of sp³-hybridized carbons (Fsp3) is 0.600. The average Bonchev–Trinajstić information content (AvgIpc) is 3.12. The zero-order chi connectivity index (χ0) is 22.5. The molecule has 174 valence electrons. The number of hydrogen-bond acceptors (Lipinski definition) is 5. The SMILES string of the molecule is CN=C(NCC1CCN(Cc2nc(C)c(C)o2)CC1)N1CCN(c2cccc(C)c2)CC1. The van der Waals surface area contributed by atoms with Crippen molar-refractivity contribution in [1.82, 2.24) is 20.1 Å². The minimum absolute atomic E-state index is 0.685. The molecule has 0 radical (unpaired) electrons. The molecule has 3 heterocycles. The first-order chi connectivity index (χ1) is 15.5. The molecule has 0 aliphatic carbocycles. The summed E-state index contributed by atoms with van der Waals surface area (Å²) in [7, 11) is 1.90. The van der Waals surface area contributed by atoms with Crippen LogP contribution in [0.2, 0.25) is 0 Å². The van der Waals surface area contributed by atoms with Crippen molar-refractivity contribution in [3.63, 3.8) is 0 Å². The van der Waals surface area contributed by atoms with E-state index in [1.165, 1.54) is 24.1 Å². The Kier molecular flexibility index (Phi) is 7.35. The van der Waals surface area contributed by atoms with E-state index in [4.69, 9.17) is 4.42 Å². The Balaban J connectivity index is 1.19. The molecule has 1 aromatic carbocycles. The van der Waals surface area contributed by atoms with Crippen molar-refractivity contribution in [3.05, 3.63) is 47.2 Å². The first kappa shape index (κ1) is 22.6. The molecule has 2 fully saturated rings. The number of hydrogen-bond donors (Lipinski definition) is 1. The van der Waals surface area contributed by atoms with Crippen LogP contribution in [0.4, 0.5) is 5.69 Å². The molecule has 2 aliphatic heterocycles. The van der Waals surface area contributed by atoms with Crippen molar-refractivity contribution in [2.24, 2.45) is 10.9 Å². The molecule has 0 amide bonds. The van der Waals surface area contributed by atoms with Gasteiger partial charge in [0.05, 0.1) is 12.2 Å². The van der Waals surface area contributed by atoms with Crippen LogP contribution in [0.25, 0.3) is 0 Å². The Morgan fingerprint density at radius 2 is 1.84 bits per heavy atom. The fourth-order valence-electron chi connectivity index (χ4n) is 4.72. The van der Waals surface area contributed by atoms with E-state index in [-0.39, 0.29) is 0 Å². The molecule has 2 aromatic rings. The number of rotatable bonds is 5. The number of aryl methyl sites for hydroxylation is 3. The van der Waals surface area contributed by atoms with E-state index in [2.05, 4.69) is 61.2 Å². The summed E-state index contributed by atoms with van der Waals surface area (Å²) in [6.07, 6.45) is 2.40. The van der Waals surface area contributed by atoms with Crippen molar-refractivity contribution >= 4 is 11.6 Å². The van der Waals surface area contributed by atoms with Crippen LogP contribution in [-0.2, 0) is 6.54 Å². The molecule has 1 aromatic heterocycles. The minimum Gasteiger partial charge on any atom is -0.444 e. The number of piperazine rings is 1. The monoisotopic (exact) mass is 438 g/mol. The predicted octanol–water partition coefficient (Wildman–Crippen LogP) is 3.21. The van der Waals surface area contributed by atoms with E-state index in [0.717, 1.165) is 75.7 Å². The van der Waals surface area contributed by atoms with Crippen molar-refractivity contribution in [2.45, 2.75) is 40.2 Å². The molecule has 7 heteroatoms. The van der Waals surface area contributed by atoms with Gasteiger partial charge in [-0.1, -0.05) is 12.1 Å². The molecule has 0 saturated carbocycles. The van der Waals surface area contributed by atoms with Crippen LogP contribution < -0.4 is 10.2 Å². The average molecular weight is 439 g/mol. The van der Waals surface area contributed by atoms with Crippen LogP contribution in [0.3, 0.4) is 0 Å². The highest BCUT2D eigenvalue weighted by Crippen LogP contribution is 2.20. The molecule has 0 unspecified atom stereocenters. The Bertz CT molecular complexity index is 887. The van der Waals surface area contributed by atoms with Crippen LogP contribution in [0.15, 0.2) is 33.7 Å². The van der Waals surface area contributed by atoms with Crippen molar-refractivity contribution < 1.29 is 4.42 Å². The maximum Gasteiger partial charge on any atom is 0.208 e. The van der Waals surface area contributed by atoms with Gasteiger partial charge in [-0.2, -0.15) is 0 Å². The molecule has 4 rings (SSSR count). The standard InChI is InChI=1S/C25H38N6O/c1-19-6-5-7-23(16-19)30-12-14-31(15-13-30)25(26-4)27-17-22-8-10-29(11-9-22)18-24-28-20(2)21(3)32-24/h5-7,16,22H,8-15,17-18H2,1-4H3,(H,26,27). The van der Waals surface area contributed by atoms with E-state index >= 15 is 0 Å². The van der Waals surface area contributed by atoms with Crippen LogP contribution in [0.5, 0.6) is 0 Å². The molecule has 2 aliphatic rings. The second-order valence-corrected chi connectivity index (χ2v) is 9.21. The van der Waals surface area contributed by atoms with E-state index in [1.807, 2.05) is 20.9 Å². The number of nitrogens with zero attached hydrogens (tertiary/aromatic N) is 5. The molecular formula is C25H38N6O.